The SMILES string of the molecule is O=C(O)C1CC1C(=O)Nc1cc(F)ccc1[N+](=O)[O-]. The predicted octanol–water partition coefficient (Wildman–Crippen LogP) is 1.39. The van der Waals surface area contributed by atoms with E-state index >= 15 is 0 Å². The molecule has 2 N–H and O–H groups in total. The number of anilines is 1. The number of amides is 1. The minimum Gasteiger partial charge on any atom is -0.481 e. The molecular weight excluding hydrogens is 259 g/mol. The third-order valence-electron chi connectivity index (χ3n) is 2.86. The van der Waals surface area contributed by atoms with Gasteiger partial charge in [0.2, 0.25) is 5.91 Å². The number of carbonyl (C=O) groups excluding carboxylic acids is 1. The van der Waals surface area contributed by atoms with Crippen molar-refractivity contribution in [3.63, 3.8) is 0 Å². The van der Waals surface area contributed by atoms with Crippen LogP contribution < -0.4 is 5.32 Å². The van der Waals surface area contributed by atoms with Crippen LogP contribution in [0.1, 0.15) is 6.42 Å². The van der Waals surface area contributed by atoms with Gasteiger partial charge in [-0.2, -0.15) is 0 Å². The molecule has 0 saturated heterocycles. The van der Waals surface area contributed by atoms with Gasteiger partial charge in [0.05, 0.1) is 16.8 Å². The highest BCUT2D eigenvalue weighted by Crippen LogP contribution is 2.40. The first-order valence-electron chi connectivity index (χ1n) is 5.37. The molecule has 1 aromatic carbocycles. The Labute approximate surface area is 106 Å². The maximum atomic E-state index is 13.0. The molecular formula is C11H9FN2O5. The molecule has 0 bridgehead atoms. The van der Waals surface area contributed by atoms with Crippen molar-refractivity contribution >= 4 is 23.3 Å². The molecule has 7 nitrogen and oxygen atoms in total. The summed E-state index contributed by atoms with van der Waals surface area (Å²) < 4.78 is 13.0. The molecule has 8 heteroatoms. The van der Waals surface area contributed by atoms with Crippen molar-refractivity contribution in [1.29, 1.82) is 0 Å². The van der Waals surface area contributed by atoms with Crippen LogP contribution >= 0.6 is 0 Å². The lowest BCUT2D eigenvalue weighted by molar-refractivity contribution is -0.384. The number of hydrogen-bond acceptors (Lipinski definition) is 4. The van der Waals surface area contributed by atoms with Crippen LogP contribution in [-0.2, 0) is 9.59 Å². The molecule has 1 aliphatic rings. The summed E-state index contributed by atoms with van der Waals surface area (Å²) in [5.74, 6) is -3.96. The van der Waals surface area contributed by atoms with Gasteiger partial charge in [-0.1, -0.05) is 0 Å². The lowest BCUT2D eigenvalue weighted by Gasteiger charge is -2.05. The van der Waals surface area contributed by atoms with Crippen molar-refractivity contribution in [3.05, 3.63) is 34.1 Å². The Balaban J connectivity index is 2.15. The van der Waals surface area contributed by atoms with Crippen molar-refractivity contribution in [2.24, 2.45) is 11.8 Å². The van der Waals surface area contributed by atoms with Crippen molar-refractivity contribution < 1.29 is 24.0 Å². The van der Waals surface area contributed by atoms with Crippen LogP contribution in [0.4, 0.5) is 15.8 Å². The lowest BCUT2D eigenvalue weighted by Crippen LogP contribution is -2.17. The highest BCUT2D eigenvalue weighted by Gasteiger charge is 2.48. The number of nitro benzene ring substituents is 1. The highest BCUT2D eigenvalue weighted by atomic mass is 19.1. The minimum absolute atomic E-state index is 0.185. The molecule has 2 rings (SSSR count). The number of carbonyl (C=O) groups is 2. The van der Waals surface area contributed by atoms with Gasteiger partial charge in [0.25, 0.3) is 5.69 Å². The molecule has 1 aromatic rings. The third-order valence-corrected chi connectivity index (χ3v) is 2.86. The number of aliphatic carboxylic acids is 1. The molecule has 1 aliphatic carbocycles. The molecule has 1 saturated carbocycles. The van der Waals surface area contributed by atoms with Crippen LogP contribution in [0.2, 0.25) is 0 Å². The molecule has 0 heterocycles. The van der Waals surface area contributed by atoms with Crippen LogP contribution in [0, 0.1) is 27.8 Å². The molecule has 1 amide bonds. The molecule has 1 fully saturated rings. The summed E-state index contributed by atoms with van der Waals surface area (Å²) in [7, 11) is 0. The molecule has 100 valence electrons. The summed E-state index contributed by atoms with van der Waals surface area (Å²) in [6.07, 6.45) is 0.185. The van der Waals surface area contributed by atoms with E-state index in [4.69, 9.17) is 5.11 Å². The van der Waals surface area contributed by atoms with Gasteiger partial charge in [0.1, 0.15) is 11.5 Å². The van der Waals surface area contributed by atoms with Crippen molar-refractivity contribution in [3.8, 4) is 0 Å². The van der Waals surface area contributed by atoms with Gasteiger partial charge in [-0.3, -0.25) is 19.7 Å². The van der Waals surface area contributed by atoms with Gasteiger partial charge in [-0.05, 0) is 12.5 Å². The number of hydrogen-bond donors (Lipinski definition) is 2. The van der Waals surface area contributed by atoms with E-state index in [2.05, 4.69) is 5.32 Å². The number of nitrogens with zero attached hydrogens (tertiary/aromatic N) is 1. The summed E-state index contributed by atoms with van der Waals surface area (Å²) in [4.78, 5) is 32.2. The van der Waals surface area contributed by atoms with Gasteiger partial charge in [0.15, 0.2) is 0 Å². The molecule has 0 radical (unpaired) electrons. The van der Waals surface area contributed by atoms with Crippen molar-refractivity contribution in [2.45, 2.75) is 6.42 Å². The van der Waals surface area contributed by atoms with Gasteiger partial charge in [-0.25, -0.2) is 4.39 Å². The average Bonchev–Trinajstić information content (AvgIpc) is 3.08. The maximum Gasteiger partial charge on any atom is 0.307 e. The zero-order valence-electron chi connectivity index (χ0n) is 9.50. The predicted molar refractivity (Wildman–Crippen MR) is 60.9 cm³/mol. The summed E-state index contributed by atoms with van der Waals surface area (Å²) in [5, 5.41) is 21.6. The Morgan fingerprint density at radius 2 is 2.11 bits per heavy atom. The van der Waals surface area contributed by atoms with Gasteiger partial charge in [0, 0.05) is 12.1 Å². The van der Waals surface area contributed by atoms with Gasteiger partial charge in [-0.15, -0.1) is 0 Å². The van der Waals surface area contributed by atoms with Gasteiger partial charge < -0.3 is 10.4 Å². The largest absolute Gasteiger partial charge is 0.481 e. The van der Waals surface area contributed by atoms with E-state index in [1.54, 1.807) is 0 Å². The van der Waals surface area contributed by atoms with E-state index in [0.29, 0.717) is 0 Å². The van der Waals surface area contributed by atoms with E-state index in [0.717, 1.165) is 18.2 Å². The zero-order chi connectivity index (χ0) is 14.2. The normalized spacial score (nSPS) is 20.7. The number of nitrogens with one attached hydrogen (secondary N) is 1. The smallest absolute Gasteiger partial charge is 0.307 e. The van der Waals surface area contributed by atoms with Crippen LogP contribution in [-0.4, -0.2) is 21.9 Å². The molecule has 0 aromatic heterocycles. The summed E-state index contributed by atoms with van der Waals surface area (Å²) in [5.41, 5.74) is -0.715. The Morgan fingerprint density at radius 3 is 2.63 bits per heavy atom. The van der Waals surface area contributed by atoms with Crippen LogP contribution in [0.25, 0.3) is 0 Å². The van der Waals surface area contributed by atoms with E-state index in [9.17, 15) is 24.1 Å². The summed E-state index contributed by atoms with van der Waals surface area (Å²) >= 11 is 0. The third kappa shape index (κ3) is 2.67. The first kappa shape index (κ1) is 12.9. The van der Waals surface area contributed by atoms with E-state index in [1.165, 1.54) is 0 Å². The fourth-order valence-corrected chi connectivity index (χ4v) is 1.75. The second-order valence-electron chi connectivity index (χ2n) is 4.19. The topological polar surface area (TPSA) is 110 Å². The first-order chi connectivity index (χ1) is 8.90. The first-order valence-corrected chi connectivity index (χ1v) is 5.37. The standard InChI is InChI=1S/C11H9FN2O5/c12-5-1-2-9(14(18)19)8(3-5)13-10(15)6-4-7(6)11(16)17/h1-3,6-7H,4H2,(H,13,15)(H,16,17). The van der Waals surface area contributed by atoms with E-state index < -0.39 is 40.1 Å². The van der Waals surface area contributed by atoms with E-state index in [-0.39, 0.29) is 12.1 Å². The van der Waals surface area contributed by atoms with E-state index in [1.807, 2.05) is 0 Å². The minimum atomic E-state index is -1.09. The summed E-state index contributed by atoms with van der Waals surface area (Å²) in [6, 6.07) is 2.67. The maximum absolute atomic E-state index is 13.0. The number of carboxylic acid groups (broad SMARTS) is 1. The molecule has 0 aliphatic heterocycles. The average molecular weight is 268 g/mol. The molecule has 2 unspecified atom stereocenters. The molecule has 0 spiro atoms. The molecule has 19 heavy (non-hydrogen) atoms. The van der Waals surface area contributed by atoms with Gasteiger partial charge >= 0.3 is 5.97 Å². The van der Waals surface area contributed by atoms with Crippen LogP contribution in [0.5, 0.6) is 0 Å². The van der Waals surface area contributed by atoms with Crippen LogP contribution in [0.15, 0.2) is 18.2 Å². The number of carboxylic acids is 1. The molecule has 2 atom stereocenters. The Kier molecular flexibility index (Phi) is 3.16. The zero-order valence-corrected chi connectivity index (χ0v) is 9.50. The second-order valence-corrected chi connectivity index (χ2v) is 4.19. The lowest BCUT2D eigenvalue weighted by atomic mass is 10.2. The second kappa shape index (κ2) is 4.63. The Hall–Kier alpha value is -2.51. The van der Waals surface area contributed by atoms with Crippen molar-refractivity contribution in [2.75, 3.05) is 5.32 Å². The number of benzene rings is 1. The van der Waals surface area contributed by atoms with Crippen LogP contribution in [0.3, 0.4) is 0 Å². The summed E-state index contributed by atoms with van der Waals surface area (Å²) in [6.45, 7) is 0. The number of rotatable bonds is 4. The number of halogens is 1. The highest BCUT2D eigenvalue weighted by molar-refractivity contribution is 5.99. The number of nitro groups is 1. The quantitative estimate of drug-likeness (QED) is 0.633. The Morgan fingerprint density at radius 1 is 1.42 bits per heavy atom. The van der Waals surface area contributed by atoms with Crippen molar-refractivity contribution in [1.82, 2.24) is 0 Å². The monoisotopic (exact) mass is 268 g/mol. The Bertz CT molecular complexity index is 574. The fraction of sp³-hybridized carbons (Fsp3) is 0.273. The fourth-order valence-electron chi connectivity index (χ4n) is 1.75.